The van der Waals surface area contributed by atoms with Crippen LogP contribution in [0.2, 0.25) is 0 Å². The van der Waals surface area contributed by atoms with Gasteiger partial charge in [0.15, 0.2) is 4.34 Å². The SMILES string of the molecule is COc1ccc(CSc2nncs2)cc1C#CCCO. The maximum absolute atomic E-state index is 8.77. The number of methoxy groups -OCH3 is 1. The molecule has 0 amide bonds. The van der Waals surface area contributed by atoms with Crippen LogP contribution in [-0.4, -0.2) is 29.0 Å². The number of ether oxygens (including phenoxy) is 1. The average molecular weight is 306 g/mol. The van der Waals surface area contributed by atoms with E-state index >= 15 is 0 Å². The standard InChI is InChI=1S/C14H14N2O2S2/c1-18-13-6-5-11(8-12(13)4-2-3-7-17)9-19-14-16-15-10-20-14/h5-6,8,10,17H,3,7,9H2,1H3. The van der Waals surface area contributed by atoms with Gasteiger partial charge >= 0.3 is 0 Å². The maximum Gasteiger partial charge on any atom is 0.174 e. The van der Waals surface area contributed by atoms with Crippen molar-refractivity contribution in [2.24, 2.45) is 0 Å². The predicted molar refractivity (Wildman–Crippen MR) is 81.0 cm³/mol. The maximum atomic E-state index is 8.77. The summed E-state index contributed by atoms with van der Waals surface area (Å²) in [5.74, 6) is 7.51. The Morgan fingerprint density at radius 2 is 2.35 bits per heavy atom. The van der Waals surface area contributed by atoms with Crippen molar-refractivity contribution in [2.75, 3.05) is 13.7 Å². The van der Waals surface area contributed by atoms with E-state index < -0.39 is 0 Å². The molecule has 1 heterocycles. The lowest BCUT2D eigenvalue weighted by molar-refractivity contribution is 0.305. The Balaban J connectivity index is 2.10. The van der Waals surface area contributed by atoms with Crippen molar-refractivity contribution >= 4 is 23.1 Å². The van der Waals surface area contributed by atoms with Gasteiger partial charge in [-0.2, -0.15) is 0 Å². The summed E-state index contributed by atoms with van der Waals surface area (Å²) in [5.41, 5.74) is 3.72. The van der Waals surface area contributed by atoms with Gasteiger partial charge in [0.2, 0.25) is 0 Å². The van der Waals surface area contributed by atoms with Crippen molar-refractivity contribution < 1.29 is 9.84 Å². The Bertz CT molecular complexity index is 603. The Hall–Kier alpha value is -1.55. The summed E-state index contributed by atoms with van der Waals surface area (Å²) in [5, 5.41) is 16.6. The molecule has 0 atom stereocenters. The summed E-state index contributed by atoms with van der Waals surface area (Å²) >= 11 is 3.18. The second-order valence-electron chi connectivity index (χ2n) is 3.80. The van der Waals surface area contributed by atoms with Crippen molar-refractivity contribution in [3.8, 4) is 17.6 Å². The number of aliphatic hydroxyl groups excluding tert-OH is 1. The van der Waals surface area contributed by atoms with Crippen LogP contribution < -0.4 is 4.74 Å². The Morgan fingerprint density at radius 3 is 3.05 bits per heavy atom. The van der Waals surface area contributed by atoms with Crippen molar-refractivity contribution in [2.45, 2.75) is 16.5 Å². The summed E-state index contributed by atoms with van der Waals surface area (Å²) < 4.78 is 6.24. The third-order valence-electron chi connectivity index (χ3n) is 2.43. The zero-order valence-corrected chi connectivity index (χ0v) is 12.6. The highest BCUT2D eigenvalue weighted by atomic mass is 32.2. The number of nitrogens with zero attached hydrogens (tertiary/aromatic N) is 2. The number of aliphatic hydroxyl groups is 1. The first-order valence-electron chi connectivity index (χ1n) is 5.99. The third kappa shape index (κ3) is 4.23. The van der Waals surface area contributed by atoms with E-state index in [1.807, 2.05) is 18.2 Å². The Kier molecular flexibility index (Phi) is 5.87. The first-order chi connectivity index (χ1) is 9.83. The molecule has 2 rings (SSSR count). The zero-order chi connectivity index (χ0) is 14.2. The largest absolute Gasteiger partial charge is 0.495 e. The lowest BCUT2D eigenvalue weighted by atomic mass is 10.1. The van der Waals surface area contributed by atoms with Crippen LogP contribution in [0, 0.1) is 11.8 Å². The lowest BCUT2D eigenvalue weighted by Crippen LogP contribution is -1.90. The average Bonchev–Trinajstić information content (AvgIpc) is 2.99. The molecule has 4 nitrogen and oxygen atoms in total. The number of thioether (sulfide) groups is 1. The van der Waals surface area contributed by atoms with Crippen LogP contribution in [0.3, 0.4) is 0 Å². The molecule has 0 saturated heterocycles. The first-order valence-corrected chi connectivity index (χ1v) is 7.85. The summed E-state index contributed by atoms with van der Waals surface area (Å²) in [7, 11) is 1.63. The quantitative estimate of drug-likeness (QED) is 0.679. The fourth-order valence-electron chi connectivity index (χ4n) is 1.53. The number of hydrogen-bond donors (Lipinski definition) is 1. The molecule has 1 N–H and O–H groups in total. The molecule has 0 saturated carbocycles. The highest BCUT2D eigenvalue weighted by Gasteiger charge is 2.04. The third-order valence-corrected chi connectivity index (χ3v) is 4.36. The van der Waals surface area contributed by atoms with E-state index in [0.717, 1.165) is 27.0 Å². The summed E-state index contributed by atoms with van der Waals surface area (Å²) in [6.07, 6.45) is 0.465. The van der Waals surface area contributed by atoms with Gasteiger partial charge in [-0.05, 0) is 17.7 Å². The van der Waals surface area contributed by atoms with Gasteiger partial charge in [-0.15, -0.1) is 10.2 Å². The fraction of sp³-hybridized carbons (Fsp3) is 0.286. The minimum atomic E-state index is 0.0713. The van der Waals surface area contributed by atoms with Crippen LogP contribution in [-0.2, 0) is 5.75 Å². The van der Waals surface area contributed by atoms with Gasteiger partial charge in [-0.3, -0.25) is 0 Å². The van der Waals surface area contributed by atoms with Crippen molar-refractivity contribution in [1.82, 2.24) is 10.2 Å². The molecule has 20 heavy (non-hydrogen) atoms. The van der Waals surface area contributed by atoms with Crippen LogP contribution in [0.4, 0.5) is 0 Å². The topological polar surface area (TPSA) is 55.2 Å². The van der Waals surface area contributed by atoms with Crippen LogP contribution in [0.25, 0.3) is 0 Å². The molecule has 0 aliphatic rings. The highest BCUT2D eigenvalue weighted by Crippen LogP contribution is 2.26. The number of rotatable bonds is 5. The van der Waals surface area contributed by atoms with E-state index in [-0.39, 0.29) is 6.61 Å². The molecule has 0 spiro atoms. The van der Waals surface area contributed by atoms with Crippen molar-refractivity contribution in [3.63, 3.8) is 0 Å². The lowest BCUT2D eigenvalue weighted by Gasteiger charge is -2.06. The smallest absolute Gasteiger partial charge is 0.174 e. The summed E-state index contributed by atoms with van der Waals surface area (Å²) in [6, 6.07) is 5.94. The van der Waals surface area contributed by atoms with Gasteiger partial charge in [0.05, 0.1) is 19.3 Å². The van der Waals surface area contributed by atoms with Gasteiger partial charge in [-0.1, -0.05) is 41.0 Å². The van der Waals surface area contributed by atoms with E-state index in [2.05, 4.69) is 22.0 Å². The molecule has 0 aliphatic carbocycles. The van der Waals surface area contributed by atoms with Crippen LogP contribution in [0.5, 0.6) is 5.75 Å². The molecule has 0 unspecified atom stereocenters. The molecule has 0 fully saturated rings. The van der Waals surface area contributed by atoms with E-state index in [4.69, 9.17) is 9.84 Å². The van der Waals surface area contributed by atoms with Crippen LogP contribution in [0.1, 0.15) is 17.5 Å². The number of aromatic nitrogens is 2. The first kappa shape index (κ1) is 14.9. The van der Waals surface area contributed by atoms with Gasteiger partial charge in [0, 0.05) is 12.2 Å². The molecule has 6 heteroatoms. The normalized spacial score (nSPS) is 9.90. The molecular formula is C14H14N2O2S2. The fourth-order valence-corrected chi connectivity index (χ4v) is 2.96. The highest BCUT2D eigenvalue weighted by molar-refractivity contribution is 8.00. The molecule has 0 bridgehead atoms. The van der Waals surface area contributed by atoms with Crippen molar-refractivity contribution in [1.29, 1.82) is 0 Å². The molecule has 104 valence electrons. The van der Waals surface area contributed by atoms with Crippen LogP contribution >= 0.6 is 23.1 Å². The summed E-state index contributed by atoms with van der Waals surface area (Å²) in [4.78, 5) is 0. The monoisotopic (exact) mass is 306 g/mol. The molecule has 1 aromatic carbocycles. The van der Waals surface area contributed by atoms with E-state index in [0.29, 0.717) is 6.42 Å². The molecule has 2 aromatic rings. The Morgan fingerprint density at radius 1 is 1.45 bits per heavy atom. The molecule has 0 radical (unpaired) electrons. The minimum absolute atomic E-state index is 0.0713. The molecular weight excluding hydrogens is 292 g/mol. The second kappa shape index (κ2) is 7.90. The minimum Gasteiger partial charge on any atom is -0.495 e. The number of benzene rings is 1. The summed E-state index contributed by atoms with van der Waals surface area (Å²) in [6.45, 7) is 0.0713. The second-order valence-corrected chi connectivity index (χ2v) is 5.86. The van der Waals surface area contributed by atoms with Crippen molar-refractivity contribution in [3.05, 3.63) is 34.8 Å². The van der Waals surface area contributed by atoms with Crippen LogP contribution in [0.15, 0.2) is 28.0 Å². The van der Waals surface area contributed by atoms with Gasteiger partial charge in [0.1, 0.15) is 11.3 Å². The zero-order valence-electron chi connectivity index (χ0n) is 11.0. The van der Waals surface area contributed by atoms with Gasteiger partial charge < -0.3 is 9.84 Å². The van der Waals surface area contributed by atoms with E-state index in [1.54, 1.807) is 24.4 Å². The number of hydrogen-bond acceptors (Lipinski definition) is 6. The Labute approximate surface area is 126 Å². The molecule has 1 aromatic heterocycles. The van der Waals surface area contributed by atoms with Gasteiger partial charge in [0.25, 0.3) is 0 Å². The predicted octanol–water partition coefficient (Wildman–Crippen LogP) is 2.57. The van der Waals surface area contributed by atoms with E-state index in [9.17, 15) is 0 Å². The van der Waals surface area contributed by atoms with Gasteiger partial charge in [-0.25, -0.2) is 0 Å². The van der Waals surface area contributed by atoms with E-state index in [1.165, 1.54) is 11.3 Å². The molecule has 0 aliphatic heterocycles.